The summed E-state index contributed by atoms with van der Waals surface area (Å²) < 4.78 is 37.7. The van der Waals surface area contributed by atoms with Crippen LogP contribution in [0.3, 0.4) is 0 Å². The zero-order valence-corrected chi connectivity index (χ0v) is 14.8. The Bertz CT molecular complexity index is 908. The van der Waals surface area contributed by atoms with Crippen LogP contribution >= 0.6 is 0 Å². The van der Waals surface area contributed by atoms with E-state index in [0.29, 0.717) is 0 Å². The van der Waals surface area contributed by atoms with E-state index in [-0.39, 0.29) is 11.4 Å². The van der Waals surface area contributed by atoms with Crippen LogP contribution in [0.5, 0.6) is 0 Å². The van der Waals surface area contributed by atoms with Crippen molar-refractivity contribution in [3.63, 3.8) is 0 Å². The average molecular weight is 385 g/mol. The van der Waals surface area contributed by atoms with Crippen LogP contribution < -0.4 is 10.6 Å². The average Bonchev–Trinajstić information content (AvgIpc) is 2.69. The van der Waals surface area contributed by atoms with Gasteiger partial charge in [-0.05, 0) is 48.4 Å². The number of carbonyl (C=O) groups is 1. The van der Waals surface area contributed by atoms with Crippen LogP contribution in [-0.2, 0) is 12.6 Å². The Balaban J connectivity index is 1.53. The Kier molecular flexibility index (Phi) is 5.93. The molecule has 2 N–H and O–H groups in total. The van der Waals surface area contributed by atoms with Crippen LogP contribution in [0.15, 0.2) is 72.9 Å². The van der Waals surface area contributed by atoms with Crippen molar-refractivity contribution in [3.05, 3.63) is 89.7 Å². The lowest BCUT2D eigenvalue weighted by atomic mass is 10.1. The third-order valence-corrected chi connectivity index (χ3v) is 4.05. The summed E-state index contributed by atoms with van der Waals surface area (Å²) in [6.45, 7) is 0.725. The highest BCUT2D eigenvalue weighted by Crippen LogP contribution is 2.29. The standard InChI is InChI=1S/C21H18F3N3O/c22-21(23,24)16-6-8-17(9-7-16)27-20(28)19-11-10-18(14-26-19)25-13-12-15-4-2-1-3-5-15/h1-11,14,25H,12-13H2,(H,27,28). The van der Waals surface area contributed by atoms with Gasteiger partial charge >= 0.3 is 6.18 Å². The van der Waals surface area contributed by atoms with Crippen molar-refractivity contribution < 1.29 is 18.0 Å². The van der Waals surface area contributed by atoms with Gasteiger partial charge < -0.3 is 10.6 Å². The molecule has 0 radical (unpaired) electrons. The van der Waals surface area contributed by atoms with Crippen LogP contribution in [0.25, 0.3) is 0 Å². The number of benzene rings is 2. The molecule has 0 saturated heterocycles. The smallest absolute Gasteiger partial charge is 0.383 e. The van der Waals surface area contributed by atoms with E-state index in [1.807, 2.05) is 18.2 Å². The molecule has 28 heavy (non-hydrogen) atoms. The third-order valence-electron chi connectivity index (χ3n) is 4.05. The number of hydrogen-bond acceptors (Lipinski definition) is 3. The van der Waals surface area contributed by atoms with Gasteiger partial charge in [0.05, 0.1) is 17.4 Å². The number of aromatic nitrogens is 1. The van der Waals surface area contributed by atoms with Crippen LogP contribution in [0.4, 0.5) is 24.5 Å². The fourth-order valence-corrected chi connectivity index (χ4v) is 2.57. The van der Waals surface area contributed by atoms with Crippen molar-refractivity contribution >= 4 is 17.3 Å². The van der Waals surface area contributed by atoms with Crippen molar-refractivity contribution in [1.82, 2.24) is 4.98 Å². The van der Waals surface area contributed by atoms with Gasteiger partial charge in [0.1, 0.15) is 5.69 Å². The molecule has 3 rings (SSSR count). The zero-order chi connectivity index (χ0) is 20.0. The molecule has 1 amide bonds. The highest BCUT2D eigenvalue weighted by atomic mass is 19.4. The van der Waals surface area contributed by atoms with Crippen LogP contribution in [0, 0.1) is 0 Å². The molecule has 4 nitrogen and oxygen atoms in total. The number of nitrogens with zero attached hydrogens (tertiary/aromatic N) is 1. The van der Waals surface area contributed by atoms with E-state index in [2.05, 4.69) is 27.8 Å². The van der Waals surface area contributed by atoms with E-state index in [1.165, 1.54) is 17.7 Å². The molecule has 3 aromatic rings. The second kappa shape index (κ2) is 8.56. The summed E-state index contributed by atoms with van der Waals surface area (Å²) in [7, 11) is 0. The largest absolute Gasteiger partial charge is 0.416 e. The Hall–Kier alpha value is -3.35. The van der Waals surface area contributed by atoms with E-state index in [1.54, 1.807) is 18.3 Å². The summed E-state index contributed by atoms with van der Waals surface area (Å²) in [6.07, 6.45) is -2.00. The van der Waals surface area contributed by atoms with Gasteiger partial charge in [0, 0.05) is 12.2 Å². The van der Waals surface area contributed by atoms with Crippen molar-refractivity contribution in [3.8, 4) is 0 Å². The lowest BCUT2D eigenvalue weighted by Gasteiger charge is -2.09. The molecule has 0 aliphatic heterocycles. The molecule has 0 aliphatic carbocycles. The topological polar surface area (TPSA) is 54.0 Å². The van der Waals surface area contributed by atoms with Crippen molar-refractivity contribution in [1.29, 1.82) is 0 Å². The summed E-state index contributed by atoms with van der Waals surface area (Å²) in [5.41, 5.74) is 1.67. The maximum absolute atomic E-state index is 12.6. The van der Waals surface area contributed by atoms with Gasteiger partial charge in [0.25, 0.3) is 5.91 Å². The minimum Gasteiger partial charge on any atom is -0.383 e. The van der Waals surface area contributed by atoms with Gasteiger partial charge in [0.15, 0.2) is 0 Å². The van der Waals surface area contributed by atoms with Gasteiger partial charge in [-0.25, -0.2) is 4.98 Å². The molecule has 0 fully saturated rings. The number of alkyl halides is 3. The number of anilines is 2. The van der Waals surface area contributed by atoms with Crippen LogP contribution in [-0.4, -0.2) is 17.4 Å². The van der Waals surface area contributed by atoms with E-state index in [4.69, 9.17) is 0 Å². The van der Waals surface area contributed by atoms with Gasteiger partial charge in [-0.2, -0.15) is 13.2 Å². The zero-order valence-electron chi connectivity index (χ0n) is 14.8. The molecule has 0 aliphatic rings. The number of rotatable bonds is 6. The molecule has 1 heterocycles. The second-order valence-corrected chi connectivity index (χ2v) is 6.12. The Labute approximate surface area is 160 Å². The molecule has 1 aromatic heterocycles. The first-order valence-corrected chi connectivity index (χ1v) is 8.64. The molecule has 0 spiro atoms. The van der Waals surface area contributed by atoms with Gasteiger partial charge in [-0.1, -0.05) is 30.3 Å². The summed E-state index contributed by atoms with van der Waals surface area (Å²) in [5.74, 6) is -0.490. The molecule has 7 heteroatoms. The first kappa shape index (κ1) is 19.4. The lowest BCUT2D eigenvalue weighted by molar-refractivity contribution is -0.137. The highest BCUT2D eigenvalue weighted by Gasteiger charge is 2.30. The minimum absolute atomic E-state index is 0.175. The quantitative estimate of drug-likeness (QED) is 0.627. The molecule has 0 bridgehead atoms. The number of amides is 1. The number of halogens is 3. The summed E-state index contributed by atoms with van der Waals surface area (Å²) in [4.78, 5) is 16.3. The Morgan fingerprint density at radius 1 is 0.893 bits per heavy atom. The maximum Gasteiger partial charge on any atom is 0.416 e. The predicted molar refractivity (Wildman–Crippen MR) is 102 cm³/mol. The van der Waals surface area contributed by atoms with Gasteiger partial charge in [-0.3, -0.25) is 4.79 Å². The number of nitrogens with one attached hydrogen (secondary N) is 2. The molecule has 2 aromatic carbocycles. The molecule has 0 saturated carbocycles. The molecule has 144 valence electrons. The SMILES string of the molecule is O=C(Nc1ccc(C(F)(F)F)cc1)c1ccc(NCCc2ccccc2)cn1. The summed E-state index contributed by atoms with van der Waals surface area (Å²) in [6, 6.07) is 17.6. The third kappa shape index (κ3) is 5.33. The van der Waals surface area contributed by atoms with E-state index >= 15 is 0 Å². The Morgan fingerprint density at radius 3 is 2.18 bits per heavy atom. The first-order chi connectivity index (χ1) is 13.4. The molecule has 0 unspecified atom stereocenters. The lowest BCUT2D eigenvalue weighted by Crippen LogP contribution is -2.14. The van der Waals surface area contributed by atoms with Crippen molar-refractivity contribution in [2.24, 2.45) is 0 Å². The first-order valence-electron chi connectivity index (χ1n) is 8.64. The monoisotopic (exact) mass is 385 g/mol. The fraction of sp³-hybridized carbons (Fsp3) is 0.143. The van der Waals surface area contributed by atoms with E-state index < -0.39 is 17.6 Å². The second-order valence-electron chi connectivity index (χ2n) is 6.12. The minimum atomic E-state index is -4.41. The van der Waals surface area contributed by atoms with E-state index in [0.717, 1.165) is 30.8 Å². The van der Waals surface area contributed by atoms with Crippen LogP contribution in [0.2, 0.25) is 0 Å². The molecular formula is C21H18F3N3O. The summed E-state index contributed by atoms with van der Waals surface area (Å²) >= 11 is 0. The number of carbonyl (C=O) groups excluding carboxylic acids is 1. The Morgan fingerprint density at radius 2 is 1.57 bits per heavy atom. The van der Waals surface area contributed by atoms with Gasteiger partial charge in [-0.15, -0.1) is 0 Å². The summed E-state index contributed by atoms with van der Waals surface area (Å²) in [5, 5.41) is 5.76. The highest BCUT2D eigenvalue weighted by molar-refractivity contribution is 6.02. The molecule has 0 atom stereocenters. The normalized spacial score (nSPS) is 11.1. The van der Waals surface area contributed by atoms with E-state index in [9.17, 15) is 18.0 Å². The maximum atomic E-state index is 12.6. The van der Waals surface area contributed by atoms with Crippen LogP contribution in [0.1, 0.15) is 21.6 Å². The predicted octanol–water partition coefficient (Wildman–Crippen LogP) is 5.01. The number of hydrogen-bond donors (Lipinski definition) is 2. The fourth-order valence-electron chi connectivity index (χ4n) is 2.57. The number of pyridine rings is 1. The van der Waals surface area contributed by atoms with Gasteiger partial charge in [0.2, 0.25) is 0 Å². The molecular weight excluding hydrogens is 367 g/mol. The van der Waals surface area contributed by atoms with Crippen molar-refractivity contribution in [2.45, 2.75) is 12.6 Å². The van der Waals surface area contributed by atoms with Crippen molar-refractivity contribution in [2.75, 3.05) is 17.2 Å².